The summed E-state index contributed by atoms with van der Waals surface area (Å²) in [6, 6.07) is 2.36. The normalized spacial score (nSPS) is 40.7. The molecule has 0 aromatic rings. The van der Waals surface area contributed by atoms with Gasteiger partial charge in [0.2, 0.25) is 0 Å². The van der Waals surface area contributed by atoms with Crippen molar-refractivity contribution >= 4 is 0 Å². The van der Waals surface area contributed by atoms with Crippen LogP contribution in [0.1, 0.15) is 13.8 Å². The molecule has 10 heavy (non-hydrogen) atoms. The highest BCUT2D eigenvalue weighted by Crippen LogP contribution is 2.22. The van der Waals surface area contributed by atoms with Gasteiger partial charge >= 0.3 is 0 Å². The quantitative estimate of drug-likeness (QED) is 0.542. The number of piperidine rings is 1. The second kappa shape index (κ2) is 3.03. The first kappa shape index (κ1) is 7.56. The Morgan fingerprint density at radius 2 is 1.80 bits per heavy atom. The molecule has 2 atom stereocenters. The number of rotatable bonds is 0. The van der Waals surface area contributed by atoms with Crippen LogP contribution in [0.25, 0.3) is 0 Å². The predicted molar refractivity (Wildman–Crippen MR) is 40.3 cm³/mol. The van der Waals surface area contributed by atoms with E-state index in [0.717, 1.165) is 13.1 Å². The van der Waals surface area contributed by atoms with Crippen LogP contribution in [-0.4, -0.2) is 13.1 Å². The van der Waals surface area contributed by atoms with Crippen LogP contribution in [-0.2, 0) is 0 Å². The minimum absolute atomic E-state index is 0.265. The topological polar surface area (TPSA) is 35.8 Å². The summed E-state index contributed by atoms with van der Waals surface area (Å²) in [7, 11) is 0. The Bertz CT molecular complexity index is 138. The molecule has 2 unspecified atom stereocenters. The summed E-state index contributed by atoms with van der Waals surface area (Å²) in [5.74, 6) is 1.31. The zero-order valence-corrected chi connectivity index (χ0v) is 6.59. The van der Waals surface area contributed by atoms with E-state index >= 15 is 0 Å². The summed E-state index contributed by atoms with van der Waals surface area (Å²) in [5, 5.41) is 12.1. The standard InChI is InChI=1S/C8H14N2/c1-6-4-10-5-7(2)8(6)3-9/h6-8,10H,4-5H2,1-2H3. The summed E-state index contributed by atoms with van der Waals surface area (Å²) in [6.07, 6.45) is 0. The van der Waals surface area contributed by atoms with Gasteiger partial charge < -0.3 is 5.32 Å². The second-order valence-electron chi connectivity index (χ2n) is 3.27. The molecule has 0 amide bonds. The Balaban J connectivity index is 2.56. The zero-order valence-electron chi connectivity index (χ0n) is 6.59. The van der Waals surface area contributed by atoms with Gasteiger partial charge in [0.05, 0.1) is 12.0 Å². The van der Waals surface area contributed by atoms with E-state index in [1.54, 1.807) is 0 Å². The molecule has 1 N–H and O–H groups in total. The molecule has 56 valence electrons. The Hall–Kier alpha value is -0.550. The van der Waals surface area contributed by atoms with Crippen molar-refractivity contribution < 1.29 is 0 Å². The first-order valence-corrected chi connectivity index (χ1v) is 3.86. The van der Waals surface area contributed by atoms with Gasteiger partial charge in [0.25, 0.3) is 0 Å². The Labute approximate surface area is 62.2 Å². The molecule has 1 heterocycles. The molecule has 0 saturated carbocycles. The Morgan fingerprint density at radius 1 is 1.30 bits per heavy atom. The molecule has 1 saturated heterocycles. The third kappa shape index (κ3) is 1.30. The lowest BCUT2D eigenvalue weighted by Crippen LogP contribution is -2.40. The third-order valence-electron chi connectivity index (χ3n) is 2.31. The highest BCUT2D eigenvalue weighted by atomic mass is 14.9. The number of nitriles is 1. The number of nitrogens with zero attached hydrogens (tertiary/aromatic N) is 1. The monoisotopic (exact) mass is 138 g/mol. The van der Waals surface area contributed by atoms with E-state index in [2.05, 4.69) is 25.2 Å². The van der Waals surface area contributed by atoms with Gasteiger partial charge in [0.15, 0.2) is 0 Å². The van der Waals surface area contributed by atoms with Gasteiger partial charge in [-0.25, -0.2) is 0 Å². The van der Waals surface area contributed by atoms with Crippen LogP contribution >= 0.6 is 0 Å². The maximum absolute atomic E-state index is 8.75. The Kier molecular flexibility index (Phi) is 2.29. The summed E-state index contributed by atoms with van der Waals surface area (Å²) in [6.45, 7) is 6.28. The average molecular weight is 138 g/mol. The summed E-state index contributed by atoms with van der Waals surface area (Å²) < 4.78 is 0. The molecule has 0 radical (unpaired) electrons. The zero-order chi connectivity index (χ0) is 7.56. The van der Waals surface area contributed by atoms with E-state index in [1.165, 1.54) is 0 Å². The second-order valence-corrected chi connectivity index (χ2v) is 3.27. The van der Waals surface area contributed by atoms with Crippen molar-refractivity contribution in [2.75, 3.05) is 13.1 Å². The molecule has 0 aliphatic carbocycles. The number of hydrogen-bond acceptors (Lipinski definition) is 2. The van der Waals surface area contributed by atoms with Crippen molar-refractivity contribution in [2.24, 2.45) is 17.8 Å². The van der Waals surface area contributed by atoms with Crippen LogP contribution in [0.15, 0.2) is 0 Å². The maximum Gasteiger partial charge on any atom is 0.0662 e. The fourth-order valence-electron chi connectivity index (χ4n) is 1.61. The smallest absolute Gasteiger partial charge is 0.0662 e. The molecule has 1 fully saturated rings. The van der Waals surface area contributed by atoms with E-state index in [9.17, 15) is 0 Å². The van der Waals surface area contributed by atoms with Crippen molar-refractivity contribution in [3.63, 3.8) is 0 Å². The molecule has 2 heteroatoms. The van der Waals surface area contributed by atoms with Crippen molar-refractivity contribution in [1.82, 2.24) is 5.32 Å². The number of hydrogen-bond donors (Lipinski definition) is 1. The lowest BCUT2D eigenvalue weighted by atomic mass is 9.82. The molecule has 2 nitrogen and oxygen atoms in total. The van der Waals surface area contributed by atoms with Gasteiger partial charge in [0.1, 0.15) is 0 Å². The molecular formula is C8H14N2. The fraction of sp³-hybridized carbons (Fsp3) is 0.875. The Morgan fingerprint density at radius 3 is 2.10 bits per heavy atom. The minimum atomic E-state index is 0.265. The molecule has 0 spiro atoms. The molecule has 1 rings (SSSR count). The van der Waals surface area contributed by atoms with Crippen LogP contribution in [0.2, 0.25) is 0 Å². The molecule has 0 aromatic heterocycles. The van der Waals surface area contributed by atoms with Crippen LogP contribution in [0.3, 0.4) is 0 Å². The number of nitrogens with one attached hydrogen (secondary N) is 1. The summed E-state index contributed by atoms with van der Waals surface area (Å²) >= 11 is 0. The van der Waals surface area contributed by atoms with E-state index in [-0.39, 0.29) is 5.92 Å². The average Bonchev–Trinajstić information content (AvgIpc) is 1.88. The molecule has 1 aliphatic heterocycles. The van der Waals surface area contributed by atoms with E-state index in [0.29, 0.717) is 11.8 Å². The van der Waals surface area contributed by atoms with E-state index < -0.39 is 0 Å². The maximum atomic E-state index is 8.75. The van der Waals surface area contributed by atoms with Gasteiger partial charge in [-0.05, 0) is 24.9 Å². The van der Waals surface area contributed by atoms with Crippen LogP contribution in [0.5, 0.6) is 0 Å². The third-order valence-corrected chi connectivity index (χ3v) is 2.31. The SMILES string of the molecule is CC1CNCC(C)C1C#N. The van der Waals surface area contributed by atoms with E-state index in [4.69, 9.17) is 5.26 Å². The first-order valence-electron chi connectivity index (χ1n) is 3.86. The first-order chi connectivity index (χ1) is 4.75. The van der Waals surface area contributed by atoms with Gasteiger partial charge in [-0.1, -0.05) is 13.8 Å². The van der Waals surface area contributed by atoms with Crippen LogP contribution in [0.4, 0.5) is 0 Å². The van der Waals surface area contributed by atoms with Crippen molar-refractivity contribution in [3.8, 4) is 6.07 Å². The molecular weight excluding hydrogens is 124 g/mol. The molecule has 0 aromatic carbocycles. The van der Waals surface area contributed by atoms with Crippen molar-refractivity contribution in [1.29, 1.82) is 5.26 Å². The minimum Gasteiger partial charge on any atom is -0.316 e. The van der Waals surface area contributed by atoms with Gasteiger partial charge in [-0.3, -0.25) is 0 Å². The predicted octanol–water partition coefficient (Wildman–Crippen LogP) is 1.00. The van der Waals surface area contributed by atoms with E-state index in [1.807, 2.05) is 0 Å². The van der Waals surface area contributed by atoms with Crippen LogP contribution < -0.4 is 5.32 Å². The highest BCUT2D eigenvalue weighted by Gasteiger charge is 2.26. The van der Waals surface area contributed by atoms with Crippen molar-refractivity contribution in [2.45, 2.75) is 13.8 Å². The van der Waals surface area contributed by atoms with Gasteiger partial charge in [-0.15, -0.1) is 0 Å². The summed E-state index contributed by atoms with van der Waals surface area (Å²) in [5.41, 5.74) is 0. The van der Waals surface area contributed by atoms with Gasteiger partial charge in [0, 0.05) is 0 Å². The fourth-order valence-corrected chi connectivity index (χ4v) is 1.61. The van der Waals surface area contributed by atoms with Gasteiger partial charge in [-0.2, -0.15) is 5.26 Å². The molecule has 1 aliphatic rings. The summed E-state index contributed by atoms with van der Waals surface area (Å²) in [4.78, 5) is 0. The lowest BCUT2D eigenvalue weighted by molar-refractivity contribution is 0.250. The van der Waals surface area contributed by atoms with Crippen LogP contribution in [0, 0.1) is 29.1 Å². The van der Waals surface area contributed by atoms with Crippen molar-refractivity contribution in [3.05, 3.63) is 0 Å². The molecule has 0 bridgehead atoms. The largest absolute Gasteiger partial charge is 0.316 e. The lowest BCUT2D eigenvalue weighted by Gasteiger charge is -2.29. The highest BCUT2D eigenvalue weighted by molar-refractivity contribution is 4.94.